The SMILES string of the molecule is [Ag+].[Ba+2].[Cl-].[Cl-].[Cl-]. The summed E-state index contributed by atoms with van der Waals surface area (Å²) in [6.45, 7) is 0. The maximum absolute atomic E-state index is 0. The van der Waals surface area contributed by atoms with Gasteiger partial charge >= 0.3 is 71.3 Å². The van der Waals surface area contributed by atoms with Gasteiger partial charge in [-0.15, -0.1) is 0 Å². The summed E-state index contributed by atoms with van der Waals surface area (Å²) in [7, 11) is 0. The van der Waals surface area contributed by atoms with Gasteiger partial charge in [0.1, 0.15) is 0 Å². The molecule has 0 unspecified atom stereocenters. The first-order valence-electron chi connectivity index (χ1n) is 0. The van der Waals surface area contributed by atoms with Crippen LogP contribution in [-0.4, -0.2) is 48.9 Å². The Hall–Kier alpha value is 3.18. The van der Waals surface area contributed by atoms with Crippen molar-refractivity contribution in [1.82, 2.24) is 0 Å². The first kappa shape index (κ1) is 41.7. The fourth-order valence-corrected chi connectivity index (χ4v) is 0. The van der Waals surface area contributed by atoms with Crippen molar-refractivity contribution >= 4 is 48.9 Å². The Balaban J connectivity index is 0. The number of halogens is 3. The van der Waals surface area contributed by atoms with E-state index in [1.165, 1.54) is 0 Å². The Bertz CT molecular complexity index is 6.85. The molecule has 5 heteroatoms. The molecule has 0 aromatic rings. The van der Waals surface area contributed by atoms with Gasteiger partial charge < -0.3 is 37.2 Å². The second kappa shape index (κ2) is 27.1. The molecule has 0 aliphatic carbocycles. The van der Waals surface area contributed by atoms with Gasteiger partial charge in [-0.1, -0.05) is 0 Å². The topological polar surface area (TPSA) is 0 Å². The van der Waals surface area contributed by atoms with Gasteiger partial charge in [0, 0.05) is 0 Å². The van der Waals surface area contributed by atoms with Gasteiger partial charge in [-0.05, 0) is 0 Å². The van der Waals surface area contributed by atoms with E-state index in [-0.39, 0.29) is 108 Å². The van der Waals surface area contributed by atoms with E-state index >= 15 is 0 Å². The minimum absolute atomic E-state index is 0. The standard InChI is InChI=1S/Ag.Ba.3ClH/h;;3*1H/q+1;+2;;;/p-3. The van der Waals surface area contributed by atoms with E-state index in [0.29, 0.717) is 0 Å². The Morgan fingerprint density at radius 2 is 0.600 bits per heavy atom. The Morgan fingerprint density at radius 3 is 0.600 bits per heavy atom. The molecule has 0 heterocycles. The van der Waals surface area contributed by atoms with E-state index in [0.717, 1.165) is 0 Å². The van der Waals surface area contributed by atoms with Crippen LogP contribution in [0.3, 0.4) is 0 Å². The van der Waals surface area contributed by atoms with Crippen molar-refractivity contribution in [3.05, 3.63) is 0 Å². The third-order valence-corrected chi connectivity index (χ3v) is 0. The molecule has 0 aromatic carbocycles. The molecule has 0 bridgehead atoms. The molecule has 0 aliphatic rings. The summed E-state index contributed by atoms with van der Waals surface area (Å²) < 4.78 is 0. The number of hydrogen-bond acceptors (Lipinski definition) is 0. The first-order chi connectivity index (χ1) is 0. The van der Waals surface area contributed by atoms with Crippen molar-refractivity contribution in [2.45, 2.75) is 0 Å². The van der Waals surface area contributed by atoms with Crippen LogP contribution in [0.5, 0.6) is 0 Å². The molecule has 0 aromatic heterocycles. The quantitative estimate of drug-likeness (QED) is 0.380. The molecule has 0 fully saturated rings. The summed E-state index contributed by atoms with van der Waals surface area (Å²) >= 11 is 0. The van der Waals surface area contributed by atoms with E-state index < -0.39 is 0 Å². The average molecular weight is 352 g/mol. The molecule has 0 radical (unpaired) electrons. The second-order valence-corrected chi connectivity index (χ2v) is 0. The molecular weight excluding hydrogens is 352 g/mol. The van der Waals surface area contributed by atoms with Crippen molar-refractivity contribution < 1.29 is 59.6 Å². The minimum Gasteiger partial charge on any atom is -1.00 e. The van der Waals surface area contributed by atoms with Gasteiger partial charge in [-0.25, -0.2) is 0 Å². The van der Waals surface area contributed by atoms with E-state index in [1.807, 2.05) is 0 Å². The first-order valence-corrected chi connectivity index (χ1v) is 0. The van der Waals surface area contributed by atoms with E-state index in [2.05, 4.69) is 0 Å². The van der Waals surface area contributed by atoms with E-state index in [4.69, 9.17) is 0 Å². The summed E-state index contributed by atoms with van der Waals surface area (Å²) in [5.41, 5.74) is 0. The Morgan fingerprint density at radius 1 is 0.600 bits per heavy atom. The van der Waals surface area contributed by atoms with Crippen LogP contribution in [0.2, 0.25) is 0 Å². The number of hydrogen-bond donors (Lipinski definition) is 0. The molecule has 0 atom stereocenters. The van der Waals surface area contributed by atoms with Crippen LogP contribution in [0.1, 0.15) is 0 Å². The molecule has 0 saturated heterocycles. The minimum atomic E-state index is 0. The molecule has 0 nitrogen and oxygen atoms in total. The Labute approximate surface area is 106 Å². The average Bonchev–Trinajstić information content (AvgIpc) is 0. The van der Waals surface area contributed by atoms with Gasteiger partial charge in [-0.2, -0.15) is 0 Å². The van der Waals surface area contributed by atoms with Gasteiger partial charge in [-0.3, -0.25) is 0 Å². The molecule has 0 N–H and O–H groups in total. The van der Waals surface area contributed by atoms with Crippen molar-refractivity contribution in [3.8, 4) is 0 Å². The molecular formula is AgBaCl3. The molecule has 0 aliphatic heterocycles. The van der Waals surface area contributed by atoms with E-state index in [9.17, 15) is 0 Å². The molecule has 34 valence electrons. The zero-order chi connectivity index (χ0) is 0. The van der Waals surface area contributed by atoms with Crippen molar-refractivity contribution in [2.24, 2.45) is 0 Å². The molecule has 0 rings (SSSR count). The van der Waals surface area contributed by atoms with Crippen LogP contribution in [-0.2, 0) is 22.4 Å². The van der Waals surface area contributed by atoms with Crippen molar-refractivity contribution in [3.63, 3.8) is 0 Å². The fraction of sp³-hybridized carbons (Fsp3) is 0. The fourth-order valence-electron chi connectivity index (χ4n) is 0. The third-order valence-electron chi connectivity index (χ3n) is 0. The summed E-state index contributed by atoms with van der Waals surface area (Å²) in [5, 5.41) is 0. The third kappa shape index (κ3) is 19.0. The van der Waals surface area contributed by atoms with Crippen LogP contribution >= 0.6 is 0 Å². The second-order valence-electron chi connectivity index (χ2n) is 0. The van der Waals surface area contributed by atoms with Gasteiger partial charge in [0.2, 0.25) is 0 Å². The van der Waals surface area contributed by atoms with Crippen LogP contribution < -0.4 is 37.2 Å². The van der Waals surface area contributed by atoms with Crippen molar-refractivity contribution in [2.75, 3.05) is 0 Å². The molecule has 0 spiro atoms. The normalized spacial score (nSPS) is 0. The molecule has 0 amide bonds. The summed E-state index contributed by atoms with van der Waals surface area (Å²) in [4.78, 5) is 0. The zero-order valence-electron chi connectivity index (χ0n) is 2.14. The van der Waals surface area contributed by atoms with Crippen LogP contribution in [0.15, 0.2) is 0 Å². The van der Waals surface area contributed by atoms with Gasteiger partial charge in [0.05, 0.1) is 0 Å². The van der Waals surface area contributed by atoms with Crippen LogP contribution in [0, 0.1) is 0 Å². The summed E-state index contributed by atoms with van der Waals surface area (Å²) in [5.74, 6) is 0. The molecule has 0 saturated carbocycles. The largest absolute Gasteiger partial charge is 2.00 e. The predicted octanol–water partition coefficient (Wildman–Crippen LogP) is -9.37. The van der Waals surface area contributed by atoms with Crippen LogP contribution in [0.25, 0.3) is 0 Å². The maximum atomic E-state index is 0. The monoisotopic (exact) mass is 350 g/mol. The van der Waals surface area contributed by atoms with Crippen LogP contribution in [0.4, 0.5) is 0 Å². The number of rotatable bonds is 0. The zero-order valence-corrected chi connectivity index (χ0v) is 10.3. The summed E-state index contributed by atoms with van der Waals surface area (Å²) in [6, 6.07) is 0. The smallest absolute Gasteiger partial charge is 1.00 e. The van der Waals surface area contributed by atoms with Gasteiger partial charge in [0.15, 0.2) is 0 Å². The predicted molar refractivity (Wildman–Crippen MR) is 5.75 cm³/mol. The van der Waals surface area contributed by atoms with Gasteiger partial charge in [0.25, 0.3) is 0 Å². The summed E-state index contributed by atoms with van der Waals surface area (Å²) in [6.07, 6.45) is 0. The maximum Gasteiger partial charge on any atom is 2.00 e. The van der Waals surface area contributed by atoms with Crippen molar-refractivity contribution in [1.29, 1.82) is 0 Å². The Kier molecular flexibility index (Phi) is 226. The van der Waals surface area contributed by atoms with E-state index in [1.54, 1.807) is 0 Å². The molecule has 5 heavy (non-hydrogen) atoms.